The second-order valence-corrected chi connectivity index (χ2v) is 10.3. The molecule has 0 spiro atoms. The average molecular weight is 541 g/mol. The smallest absolute Gasteiger partial charge is 0.254 e. The summed E-state index contributed by atoms with van der Waals surface area (Å²) in [7, 11) is 0. The van der Waals surface area contributed by atoms with Crippen LogP contribution in [0.5, 0.6) is 0 Å². The van der Waals surface area contributed by atoms with E-state index in [1.165, 1.54) is 6.07 Å². The molecule has 3 heterocycles. The van der Waals surface area contributed by atoms with Crippen LogP contribution in [0.4, 0.5) is 5.69 Å². The maximum atomic E-state index is 13.6. The number of nitrogens with one attached hydrogen (secondary N) is 2. The average Bonchev–Trinajstić information content (AvgIpc) is 3.41. The molecule has 1 aliphatic heterocycles. The van der Waals surface area contributed by atoms with E-state index in [-0.39, 0.29) is 23.9 Å². The highest BCUT2D eigenvalue weighted by Crippen LogP contribution is 2.30. The number of aromatic nitrogens is 1. The number of rotatable bonds is 5. The number of hydrogen-bond donors (Lipinski definition) is 2. The molecule has 0 saturated carbocycles. The maximum Gasteiger partial charge on any atom is 0.254 e. The molecule has 184 valence electrons. The number of thiophene rings is 1. The molecule has 1 fully saturated rings. The van der Waals surface area contributed by atoms with Crippen molar-refractivity contribution in [2.24, 2.45) is 0 Å². The minimum atomic E-state index is -0.659. The molecule has 2 amide bonds. The second kappa shape index (κ2) is 10.3. The Bertz CT molecular complexity index is 1490. The van der Waals surface area contributed by atoms with Crippen molar-refractivity contribution in [1.29, 1.82) is 0 Å². The van der Waals surface area contributed by atoms with Gasteiger partial charge in [-0.1, -0.05) is 47.5 Å². The first-order chi connectivity index (χ1) is 17.4. The molecule has 0 aliphatic carbocycles. The van der Waals surface area contributed by atoms with E-state index in [2.05, 4.69) is 10.3 Å². The van der Waals surface area contributed by atoms with Gasteiger partial charge in [0, 0.05) is 40.6 Å². The Kier molecular flexibility index (Phi) is 7.00. The third-order valence-electron chi connectivity index (χ3n) is 6.20. The Labute approximate surface area is 221 Å². The molecule has 5 rings (SSSR count). The van der Waals surface area contributed by atoms with Crippen LogP contribution >= 0.6 is 34.5 Å². The standard InChI is InChI=1S/C26H22Cl2N4O3S/c27-20-8-7-16(12-21(20)28)32-10-9-31(15-23(32)25(34)29-14-17-4-3-11-36-17)26(35)19-13-24(33)30-22-6-2-1-5-18(19)22/h1-8,11-13,23H,9-10,14-15H2,(H,29,34)(H,30,33)/t23-/m0/s1. The molecule has 2 N–H and O–H groups in total. The molecule has 36 heavy (non-hydrogen) atoms. The van der Waals surface area contributed by atoms with E-state index in [4.69, 9.17) is 23.2 Å². The Balaban J connectivity index is 1.44. The highest BCUT2D eigenvalue weighted by Gasteiger charge is 2.35. The number of nitrogens with zero attached hydrogens (tertiary/aromatic N) is 2. The van der Waals surface area contributed by atoms with Gasteiger partial charge in [-0.3, -0.25) is 14.4 Å². The topological polar surface area (TPSA) is 85.5 Å². The molecule has 1 atom stereocenters. The first-order valence-electron chi connectivity index (χ1n) is 11.3. The molecule has 0 bridgehead atoms. The zero-order chi connectivity index (χ0) is 25.2. The van der Waals surface area contributed by atoms with E-state index in [0.717, 1.165) is 10.6 Å². The van der Waals surface area contributed by atoms with Gasteiger partial charge in [0.15, 0.2) is 0 Å². The number of amides is 2. The normalized spacial score (nSPS) is 15.8. The number of para-hydroxylation sites is 1. The van der Waals surface area contributed by atoms with Crippen LogP contribution in [0.15, 0.2) is 70.8 Å². The van der Waals surface area contributed by atoms with Gasteiger partial charge in [-0.05, 0) is 35.7 Å². The summed E-state index contributed by atoms with van der Waals surface area (Å²) < 4.78 is 0. The predicted molar refractivity (Wildman–Crippen MR) is 144 cm³/mol. The lowest BCUT2D eigenvalue weighted by Gasteiger charge is -2.42. The van der Waals surface area contributed by atoms with Crippen LogP contribution in [0, 0.1) is 0 Å². The number of halogens is 2. The van der Waals surface area contributed by atoms with E-state index in [1.807, 2.05) is 34.5 Å². The number of hydrogen-bond acceptors (Lipinski definition) is 5. The van der Waals surface area contributed by atoms with Crippen LogP contribution in [-0.2, 0) is 11.3 Å². The molecule has 1 aliphatic rings. The molecule has 7 nitrogen and oxygen atoms in total. The molecule has 1 saturated heterocycles. The van der Waals surface area contributed by atoms with Gasteiger partial charge in [-0.25, -0.2) is 0 Å². The Morgan fingerprint density at radius 1 is 1.03 bits per heavy atom. The number of piperazine rings is 1. The Morgan fingerprint density at radius 3 is 2.64 bits per heavy atom. The van der Waals surface area contributed by atoms with Crippen LogP contribution in [0.3, 0.4) is 0 Å². The van der Waals surface area contributed by atoms with Gasteiger partial charge in [0.05, 0.1) is 28.7 Å². The number of carbonyl (C=O) groups excluding carboxylic acids is 2. The van der Waals surface area contributed by atoms with Crippen LogP contribution in [0.2, 0.25) is 10.0 Å². The predicted octanol–water partition coefficient (Wildman–Crippen LogP) is 4.54. The first-order valence-corrected chi connectivity index (χ1v) is 13.0. The van der Waals surface area contributed by atoms with Crippen molar-refractivity contribution in [2.45, 2.75) is 12.6 Å². The van der Waals surface area contributed by atoms with E-state index >= 15 is 0 Å². The van der Waals surface area contributed by atoms with Crippen molar-refractivity contribution in [3.05, 3.63) is 96.9 Å². The highest BCUT2D eigenvalue weighted by atomic mass is 35.5. The summed E-state index contributed by atoms with van der Waals surface area (Å²) in [5, 5.41) is 6.43. The van der Waals surface area contributed by atoms with Gasteiger partial charge in [0.25, 0.3) is 5.91 Å². The first kappa shape index (κ1) is 24.4. The van der Waals surface area contributed by atoms with Crippen LogP contribution in [0.25, 0.3) is 10.9 Å². The number of benzene rings is 2. The van der Waals surface area contributed by atoms with Crippen molar-refractivity contribution >= 4 is 62.9 Å². The largest absolute Gasteiger partial charge is 0.356 e. The van der Waals surface area contributed by atoms with Crippen molar-refractivity contribution in [1.82, 2.24) is 15.2 Å². The van der Waals surface area contributed by atoms with E-state index in [0.29, 0.717) is 46.1 Å². The highest BCUT2D eigenvalue weighted by molar-refractivity contribution is 7.09. The summed E-state index contributed by atoms with van der Waals surface area (Å²) in [6, 6.07) is 17.0. The molecule has 4 aromatic rings. The summed E-state index contributed by atoms with van der Waals surface area (Å²) in [4.78, 5) is 46.6. The van der Waals surface area contributed by atoms with Gasteiger partial charge in [0.1, 0.15) is 6.04 Å². The van der Waals surface area contributed by atoms with Gasteiger partial charge in [-0.15, -0.1) is 11.3 Å². The summed E-state index contributed by atoms with van der Waals surface area (Å²) in [5.41, 5.74) is 1.30. The lowest BCUT2D eigenvalue weighted by Crippen LogP contribution is -2.60. The molecule has 10 heteroatoms. The fourth-order valence-electron chi connectivity index (χ4n) is 4.42. The Morgan fingerprint density at radius 2 is 1.86 bits per heavy atom. The number of aromatic amines is 1. The van der Waals surface area contributed by atoms with Gasteiger partial charge in [0.2, 0.25) is 11.5 Å². The lowest BCUT2D eigenvalue weighted by molar-refractivity contribution is -0.123. The van der Waals surface area contributed by atoms with Crippen LogP contribution in [-0.4, -0.2) is 47.4 Å². The summed E-state index contributed by atoms with van der Waals surface area (Å²) in [5.74, 6) is -0.495. The van der Waals surface area contributed by atoms with Gasteiger partial charge in [-0.2, -0.15) is 0 Å². The second-order valence-electron chi connectivity index (χ2n) is 8.45. The third kappa shape index (κ3) is 4.97. The number of carbonyl (C=O) groups is 2. The molecule has 0 unspecified atom stereocenters. The fraction of sp³-hybridized carbons (Fsp3) is 0.192. The molecule has 2 aromatic heterocycles. The maximum absolute atomic E-state index is 13.6. The molecular weight excluding hydrogens is 519 g/mol. The van der Waals surface area contributed by atoms with Crippen molar-refractivity contribution in [3.8, 4) is 0 Å². The number of H-pyrrole nitrogens is 1. The minimum Gasteiger partial charge on any atom is -0.356 e. The van der Waals surface area contributed by atoms with Crippen molar-refractivity contribution < 1.29 is 9.59 Å². The quantitative estimate of drug-likeness (QED) is 0.389. The minimum absolute atomic E-state index is 0.149. The summed E-state index contributed by atoms with van der Waals surface area (Å²) in [6.07, 6.45) is 0. The fourth-order valence-corrected chi connectivity index (χ4v) is 5.36. The Hall–Kier alpha value is -3.33. The number of fused-ring (bicyclic) bond motifs is 1. The van der Waals surface area contributed by atoms with Crippen molar-refractivity contribution in [2.75, 3.05) is 24.5 Å². The van der Waals surface area contributed by atoms with Crippen LogP contribution in [0.1, 0.15) is 15.2 Å². The third-order valence-corrected chi connectivity index (χ3v) is 7.82. The van der Waals surface area contributed by atoms with E-state index < -0.39 is 6.04 Å². The van der Waals surface area contributed by atoms with E-state index in [1.54, 1.807) is 46.6 Å². The van der Waals surface area contributed by atoms with Crippen LogP contribution < -0.4 is 15.8 Å². The lowest BCUT2D eigenvalue weighted by atomic mass is 10.0. The number of pyridine rings is 1. The summed E-state index contributed by atoms with van der Waals surface area (Å²) in [6.45, 7) is 1.32. The summed E-state index contributed by atoms with van der Waals surface area (Å²) >= 11 is 13.9. The SMILES string of the molecule is O=C(NCc1cccs1)[C@@H]1CN(C(=O)c2cc(=O)[nH]c3ccccc23)CCN1c1ccc(Cl)c(Cl)c1. The van der Waals surface area contributed by atoms with Gasteiger partial charge < -0.3 is 20.1 Å². The monoisotopic (exact) mass is 540 g/mol. The molecular formula is C26H22Cl2N4O3S. The molecule has 0 radical (unpaired) electrons. The van der Waals surface area contributed by atoms with Crippen molar-refractivity contribution in [3.63, 3.8) is 0 Å². The zero-order valence-corrected chi connectivity index (χ0v) is 21.4. The number of anilines is 1. The van der Waals surface area contributed by atoms with Gasteiger partial charge >= 0.3 is 0 Å². The zero-order valence-electron chi connectivity index (χ0n) is 19.0. The van der Waals surface area contributed by atoms with E-state index in [9.17, 15) is 14.4 Å². The molecule has 2 aromatic carbocycles.